The average Bonchev–Trinajstić information content (AvgIpc) is 2.93. The number of urea groups is 1. The minimum Gasteiger partial charge on any atom is -0.496 e. The van der Waals surface area contributed by atoms with Gasteiger partial charge in [0.1, 0.15) is 11.6 Å². The lowest BCUT2D eigenvalue weighted by Gasteiger charge is -2.37. The van der Waals surface area contributed by atoms with Crippen molar-refractivity contribution < 1.29 is 18.7 Å². The van der Waals surface area contributed by atoms with E-state index in [4.69, 9.17) is 4.74 Å². The van der Waals surface area contributed by atoms with Crippen molar-refractivity contribution in [1.82, 2.24) is 15.5 Å². The number of hydrogen-bond donors (Lipinski definition) is 2. The van der Waals surface area contributed by atoms with Crippen LogP contribution in [0.2, 0.25) is 0 Å². The van der Waals surface area contributed by atoms with Gasteiger partial charge in [-0.1, -0.05) is 60.7 Å². The summed E-state index contributed by atoms with van der Waals surface area (Å²) in [4.78, 5) is 28.1. The summed E-state index contributed by atoms with van der Waals surface area (Å²) in [6.07, 6.45) is 1.23. The molecule has 2 atom stereocenters. The highest BCUT2D eigenvalue weighted by atomic mass is 19.1. The van der Waals surface area contributed by atoms with E-state index < -0.39 is 0 Å². The van der Waals surface area contributed by atoms with Gasteiger partial charge in [-0.2, -0.15) is 0 Å². The van der Waals surface area contributed by atoms with Crippen molar-refractivity contribution in [2.75, 3.05) is 26.7 Å². The summed E-state index contributed by atoms with van der Waals surface area (Å²) in [6, 6.07) is 22.3. The van der Waals surface area contributed by atoms with Gasteiger partial charge in [-0.05, 0) is 54.2 Å². The predicted molar refractivity (Wildman–Crippen MR) is 142 cm³/mol. The molecule has 0 saturated carbocycles. The Labute approximate surface area is 217 Å². The van der Waals surface area contributed by atoms with Crippen molar-refractivity contribution in [3.8, 4) is 5.75 Å². The summed E-state index contributed by atoms with van der Waals surface area (Å²) >= 11 is 0. The summed E-state index contributed by atoms with van der Waals surface area (Å²) in [5, 5.41) is 6.03. The monoisotopic (exact) mass is 503 g/mol. The van der Waals surface area contributed by atoms with Crippen LogP contribution in [0.3, 0.4) is 0 Å². The third-order valence-corrected chi connectivity index (χ3v) is 6.93. The number of amides is 3. The van der Waals surface area contributed by atoms with E-state index in [-0.39, 0.29) is 29.6 Å². The summed E-state index contributed by atoms with van der Waals surface area (Å²) in [6.45, 7) is 3.41. The Morgan fingerprint density at radius 3 is 2.51 bits per heavy atom. The highest BCUT2D eigenvalue weighted by Crippen LogP contribution is 2.31. The number of carbonyl (C=O) groups is 2. The molecule has 3 aromatic rings. The Balaban J connectivity index is 1.44. The SMILES string of the molecule is COc1ccccc1CCNC(=O)[C@@H]1C[C@H](c2ccc(F)c(C)c2)CN(C(=O)NCc2ccccc2)C1. The average molecular weight is 504 g/mol. The molecule has 4 rings (SSSR count). The normalized spacial score (nSPS) is 17.2. The Morgan fingerprint density at radius 2 is 1.76 bits per heavy atom. The molecular formula is C30H34FN3O3. The number of methoxy groups -OCH3 is 1. The third kappa shape index (κ3) is 6.88. The molecule has 1 saturated heterocycles. The van der Waals surface area contributed by atoms with Crippen LogP contribution in [0.1, 0.15) is 34.6 Å². The van der Waals surface area contributed by atoms with E-state index in [1.54, 1.807) is 25.0 Å². The first kappa shape index (κ1) is 26.2. The zero-order valence-corrected chi connectivity index (χ0v) is 21.4. The molecule has 0 bridgehead atoms. The Kier molecular flexibility index (Phi) is 8.77. The molecule has 0 unspecified atom stereocenters. The minimum absolute atomic E-state index is 0.0690. The van der Waals surface area contributed by atoms with E-state index in [9.17, 15) is 14.0 Å². The minimum atomic E-state index is -0.371. The zero-order chi connectivity index (χ0) is 26.2. The van der Waals surface area contributed by atoms with Gasteiger partial charge in [0.2, 0.25) is 5.91 Å². The molecule has 0 aliphatic carbocycles. The lowest BCUT2D eigenvalue weighted by atomic mass is 9.83. The van der Waals surface area contributed by atoms with E-state index in [1.807, 2.05) is 60.7 Å². The van der Waals surface area contributed by atoms with Gasteiger partial charge in [0.25, 0.3) is 0 Å². The maximum absolute atomic E-state index is 13.9. The first-order valence-corrected chi connectivity index (χ1v) is 12.7. The van der Waals surface area contributed by atoms with Crippen molar-refractivity contribution in [2.24, 2.45) is 5.92 Å². The number of nitrogens with zero attached hydrogens (tertiary/aromatic N) is 1. The van der Waals surface area contributed by atoms with Crippen molar-refractivity contribution in [2.45, 2.75) is 32.2 Å². The highest BCUT2D eigenvalue weighted by Gasteiger charge is 2.34. The fourth-order valence-electron chi connectivity index (χ4n) is 4.88. The second-order valence-electron chi connectivity index (χ2n) is 9.54. The van der Waals surface area contributed by atoms with E-state index in [2.05, 4.69) is 10.6 Å². The molecule has 194 valence electrons. The topological polar surface area (TPSA) is 70.7 Å². The summed E-state index contributed by atoms with van der Waals surface area (Å²) in [7, 11) is 1.63. The van der Waals surface area contributed by atoms with Crippen LogP contribution in [-0.2, 0) is 17.8 Å². The van der Waals surface area contributed by atoms with Crippen LogP contribution in [0.25, 0.3) is 0 Å². The van der Waals surface area contributed by atoms with Crippen LogP contribution in [0.15, 0.2) is 72.8 Å². The number of likely N-dealkylation sites (tertiary alicyclic amines) is 1. The second kappa shape index (κ2) is 12.4. The van der Waals surface area contributed by atoms with Crippen LogP contribution in [0.4, 0.5) is 9.18 Å². The van der Waals surface area contributed by atoms with Crippen LogP contribution in [-0.4, -0.2) is 43.6 Å². The number of halogens is 1. The summed E-state index contributed by atoms with van der Waals surface area (Å²) < 4.78 is 19.3. The van der Waals surface area contributed by atoms with Gasteiger partial charge in [0.15, 0.2) is 0 Å². The largest absolute Gasteiger partial charge is 0.496 e. The van der Waals surface area contributed by atoms with Crippen LogP contribution in [0, 0.1) is 18.7 Å². The van der Waals surface area contributed by atoms with Crippen LogP contribution >= 0.6 is 0 Å². The lowest BCUT2D eigenvalue weighted by Crippen LogP contribution is -2.51. The number of para-hydroxylation sites is 1. The second-order valence-corrected chi connectivity index (χ2v) is 9.54. The molecule has 3 aromatic carbocycles. The van der Waals surface area contributed by atoms with Gasteiger partial charge in [-0.15, -0.1) is 0 Å². The fourth-order valence-corrected chi connectivity index (χ4v) is 4.88. The van der Waals surface area contributed by atoms with E-state index in [1.165, 1.54) is 6.07 Å². The van der Waals surface area contributed by atoms with E-state index in [0.717, 1.165) is 22.4 Å². The Morgan fingerprint density at radius 1 is 1.00 bits per heavy atom. The lowest BCUT2D eigenvalue weighted by molar-refractivity contribution is -0.126. The van der Waals surface area contributed by atoms with Crippen LogP contribution in [0.5, 0.6) is 5.75 Å². The van der Waals surface area contributed by atoms with E-state index in [0.29, 0.717) is 44.6 Å². The van der Waals surface area contributed by atoms with Crippen molar-refractivity contribution in [1.29, 1.82) is 0 Å². The Hall–Kier alpha value is -3.87. The number of aryl methyl sites for hydroxylation is 1. The number of hydrogen-bond acceptors (Lipinski definition) is 3. The number of ether oxygens (including phenoxy) is 1. The van der Waals surface area contributed by atoms with Gasteiger partial charge in [-0.25, -0.2) is 9.18 Å². The van der Waals surface area contributed by atoms with E-state index >= 15 is 0 Å². The number of rotatable bonds is 8. The van der Waals surface area contributed by atoms with Gasteiger partial charge in [0.05, 0.1) is 13.0 Å². The fraction of sp³-hybridized carbons (Fsp3) is 0.333. The first-order valence-electron chi connectivity index (χ1n) is 12.7. The molecule has 37 heavy (non-hydrogen) atoms. The third-order valence-electron chi connectivity index (χ3n) is 6.93. The van der Waals surface area contributed by atoms with Gasteiger partial charge < -0.3 is 20.3 Å². The highest BCUT2D eigenvalue weighted by molar-refractivity contribution is 5.81. The quantitative estimate of drug-likeness (QED) is 0.463. The smallest absolute Gasteiger partial charge is 0.317 e. The van der Waals surface area contributed by atoms with Crippen molar-refractivity contribution in [3.05, 3.63) is 101 Å². The number of nitrogens with one attached hydrogen (secondary N) is 2. The zero-order valence-electron chi connectivity index (χ0n) is 21.4. The van der Waals surface area contributed by atoms with Gasteiger partial charge >= 0.3 is 6.03 Å². The van der Waals surface area contributed by atoms with Crippen molar-refractivity contribution >= 4 is 11.9 Å². The molecule has 3 amide bonds. The number of benzene rings is 3. The number of piperidine rings is 1. The standard InChI is InChI=1S/C30H34FN3O3/c1-21-16-24(12-13-27(21)31)25-17-26(29(35)32-15-14-23-10-6-7-11-28(23)37-2)20-34(19-25)30(36)33-18-22-8-4-3-5-9-22/h3-13,16,25-26H,14-15,17-20H2,1-2H3,(H,32,35)(H,33,36)/t25-,26+/m0/s1. The molecule has 2 N–H and O–H groups in total. The summed E-state index contributed by atoms with van der Waals surface area (Å²) in [5.41, 5.74) is 3.52. The molecule has 0 aromatic heterocycles. The molecule has 0 spiro atoms. The maximum atomic E-state index is 13.9. The molecule has 7 heteroatoms. The molecule has 1 heterocycles. The Bertz CT molecular complexity index is 1220. The predicted octanol–water partition coefficient (Wildman–Crippen LogP) is 4.82. The number of carbonyl (C=O) groups excluding carboxylic acids is 2. The molecule has 1 aliphatic rings. The van der Waals surface area contributed by atoms with Crippen LogP contribution < -0.4 is 15.4 Å². The van der Waals surface area contributed by atoms with Crippen molar-refractivity contribution in [3.63, 3.8) is 0 Å². The van der Waals surface area contributed by atoms with Gasteiger partial charge in [0, 0.05) is 32.1 Å². The molecule has 6 nitrogen and oxygen atoms in total. The molecule has 1 fully saturated rings. The van der Waals surface area contributed by atoms with Gasteiger partial charge in [-0.3, -0.25) is 4.79 Å². The first-order chi connectivity index (χ1) is 17.9. The summed E-state index contributed by atoms with van der Waals surface area (Å²) in [5.74, 6) is 0.00844. The maximum Gasteiger partial charge on any atom is 0.317 e. The molecule has 1 aliphatic heterocycles. The molecular weight excluding hydrogens is 469 g/mol. The molecule has 0 radical (unpaired) electrons.